The quantitative estimate of drug-likeness (QED) is 0.389. The molecule has 1 aromatic heterocycles. The van der Waals surface area contributed by atoms with Crippen molar-refractivity contribution < 1.29 is 4.79 Å². The number of nitrogens with one attached hydrogen (secondary N) is 2. The highest BCUT2D eigenvalue weighted by atomic mass is 32.1. The first kappa shape index (κ1) is 22.1. The topological polar surface area (TPSA) is 96.2 Å². The van der Waals surface area contributed by atoms with Gasteiger partial charge in [-0.05, 0) is 54.4 Å². The molecule has 3 aromatic carbocycles. The van der Waals surface area contributed by atoms with Crippen molar-refractivity contribution in [2.24, 2.45) is 5.73 Å². The van der Waals surface area contributed by atoms with Gasteiger partial charge in [-0.15, -0.1) is 0 Å². The molecular weight excluding hydrogens is 446 g/mol. The van der Waals surface area contributed by atoms with Gasteiger partial charge in [-0.1, -0.05) is 60.7 Å². The van der Waals surface area contributed by atoms with E-state index in [9.17, 15) is 9.59 Å². The molecule has 1 aliphatic rings. The SMILES string of the molecule is NC(Cc1ccccc1)C(=O)N(C(=S)Nc1ccccc1)C1Cc2cccc3[nH]c(=O)n(c23)C1. The van der Waals surface area contributed by atoms with Crippen LogP contribution < -0.4 is 16.7 Å². The van der Waals surface area contributed by atoms with E-state index in [-0.39, 0.29) is 22.8 Å². The highest BCUT2D eigenvalue weighted by Crippen LogP contribution is 2.26. The molecule has 5 rings (SSSR count). The van der Waals surface area contributed by atoms with Gasteiger partial charge in [0.25, 0.3) is 0 Å². The van der Waals surface area contributed by atoms with Crippen LogP contribution in [0.1, 0.15) is 11.1 Å². The van der Waals surface area contributed by atoms with Crippen molar-refractivity contribution in [2.75, 3.05) is 5.32 Å². The number of H-pyrrole nitrogens is 1. The fourth-order valence-electron chi connectivity index (χ4n) is 4.62. The van der Waals surface area contributed by atoms with Gasteiger partial charge in [0.1, 0.15) is 0 Å². The Bertz CT molecular complexity index is 1400. The molecule has 7 nitrogen and oxygen atoms in total. The predicted molar refractivity (Wildman–Crippen MR) is 138 cm³/mol. The normalized spacial score (nSPS) is 15.6. The van der Waals surface area contributed by atoms with Gasteiger partial charge in [0.2, 0.25) is 5.91 Å². The smallest absolute Gasteiger partial charge is 0.326 e. The lowest BCUT2D eigenvalue weighted by Crippen LogP contribution is -2.56. The largest absolute Gasteiger partial charge is 0.332 e. The lowest BCUT2D eigenvalue weighted by Gasteiger charge is -2.36. The Balaban J connectivity index is 1.47. The average molecular weight is 472 g/mol. The minimum Gasteiger partial charge on any atom is -0.332 e. The summed E-state index contributed by atoms with van der Waals surface area (Å²) in [7, 11) is 0. The fourth-order valence-corrected chi connectivity index (χ4v) is 4.98. The van der Waals surface area contributed by atoms with E-state index in [1.165, 1.54) is 0 Å². The van der Waals surface area contributed by atoms with Crippen molar-refractivity contribution in [1.82, 2.24) is 14.5 Å². The molecule has 0 bridgehead atoms. The first-order valence-electron chi connectivity index (χ1n) is 11.2. The molecule has 4 aromatic rings. The summed E-state index contributed by atoms with van der Waals surface area (Å²) >= 11 is 5.73. The third-order valence-corrected chi connectivity index (χ3v) is 6.49. The van der Waals surface area contributed by atoms with E-state index in [2.05, 4.69) is 10.3 Å². The number of nitrogens with two attached hydrogens (primary N) is 1. The second-order valence-corrected chi connectivity index (χ2v) is 8.90. The number of aromatic amines is 1. The Kier molecular flexibility index (Phi) is 6.00. The lowest BCUT2D eigenvalue weighted by atomic mass is 9.98. The minimum atomic E-state index is -0.780. The number of hydrogen-bond acceptors (Lipinski definition) is 4. The van der Waals surface area contributed by atoms with Gasteiger partial charge in [0, 0.05) is 12.2 Å². The number of para-hydroxylation sites is 2. The highest BCUT2D eigenvalue weighted by molar-refractivity contribution is 7.80. The number of amides is 1. The number of nitrogens with zero attached hydrogens (tertiary/aromatic N) is 2. The predicted octanol–water partition coefficient (Wildman–Crippen LogP) is 3.05. The van der Waals surface area contributed by atoms with Crippen LogP contribution in [-0.4, -0.2) is 37.6 Å². The summed E-state index contributed by atoms with van der Waals surface area (Å²) in [4.78, 5) is 30.9. The van der Waals surface area contributed by atoms with Crippen LogP contribution in [0.25, 0.3) is 11.0 Å². The molecule has 172 valence electrons. The third-order valence-electron chi connectivity index (χ3n) is 6.19. The summed E-state index contributed by atoms with van der Waals surface area (Å²) in [6, 6.07) is 23.8. The molecule has 0 saturated heterocycles. The number of anilines is 1. The van der Waals surface area contributed by atoms with Crippen molar-refractivity contribution in [1.29, 1.82) is 0 Å². The first-order chi connectivity index (χ1) is 16.5. The van der Waals surface area contributed by atoms with Crippen LogP contribution in [0.5, 0.6) is 0 Å². The van der Waals surface area contributed by atoms with Crippen molar-refractivity contribution >= 4 is 40.0 Å². The van der Waals surface area contributed by atoms with Gasteiger partial charge in [-0.25, -0.2) is 4.79 Å². The molecule has 2 unspecified atom stereocenters. The zero-order valence-electron chi connectivity index (χ0n) is 18.5. The van der Waals surface area contributed by atoms with Crippen molar-refractivity contribution in [2.45, 2.75) is 31.5 Å². The Labute approximate surface area is 202 Å². The first-order valence-corrected chi connectivity index (χ1v) is 11.6. The molecule has 1 aliphatic heterocycles. The lowest BCUT2D eigenvalue weighted by molar-refractivity contribution is -0.130. The molecule has 0 fully saturated rings. The average Bonchev–Trinajstić information content (AvgIpc) is 3.17. The zero-order chi connectivity index (χ0) is 23.7. The number of rotatable bonds is 5. The molecule has 0 spiro atoms. The van der Waals surface area contributed by atoms with E-state index in [4.69, 9.17) is 18.0 Å². The minimum absolute atomic E-state index is 0.199. The summed E-state index contributed by atoms with van der Waals surface area (Å²) in [5, 5.41) is 3.45. The van der Waals surface area contributed by atoms with E-state index in [0.29, 0.717) is 19.4 Å². The Morgan fingerprint density at radius 1 is 1.09 bits per heavy atom. The molecule has 0 aliphatic carbocycles. The van der Waals surface area contributed by atoms with E-state index >= 15 is 0 Å². The number of thiocarbonyl (C=S) groups is 1. The van der Waals surface area contributed by atoms with Crippen LogP contribution in [0.15, 0.2) is 83.7 Å². The van der Waals surface area contributed by atoms with Gasteiger partial charge < -0.3 is 16.0 Å². The van der Waals surface area contributed by atoms with Crippen molar-refractivity contribution in [3.8, 4) is 0 Å². The maximum absolute atomic E-state index is 13.7. The maximum Gasteiger partial charge on any atom is 0.326 e. The van der Waals surface area contributed by atoms with Gasteiger partial charge >= 0.3 is 5.69 Å². The second kappa shape index (κ2) is 9.24. The fraction of sp³-hybridized carbons (Fsp3) is 0.192. The van der Waals surface area contributed by atoms with Gasteiger partial charge in [-0.3, -0.25) is 14.3 Å². The van der Waals surface area contributed by atoms with Crippen LogP contribution in [0.4, 0.5) is 5.69 Å². The summed E-state index contributed by atoms with van der Waals surface area (Å²) in [5.74, 6) is -0.276. The van der Waals surface area contributed by atoms with Gasteiger partial charge in [-0.2, -0.15) is 0 Å². The monoisotopic (exact) mass is 471 g/mol. The molecule has 2 heterocycles. The number of carbonyl (C=O) groups is 1. The molecule has 34 heavy (non-hydrogen) atoms. The van der Waals surface area contributed by atoms with E-state index in [0.717, 1.165) is 27.8 Å². The Morgan fingerprint density at radius 2 is 1.79 bits per heavy atom. The molecule has 8 heteroatoms. The number of benzene rings is 3. The highest BCUT2D eigenvalue weighted by Gasteiger charge is 2.35. The van der Waals surface area contributed by atoms with Crippen LogP contribution in [0, 0.1) is 0 Å². The standard InChI is InChI=1S/C26H25N5O2S/c27-21(14-17-8-3-1-4-9-17)24(32)31(26(34)28-19-11-5-2-6-12-19)20-15-18-10-7-13-22-23(18)30(16-20)25(33)29-22/h1-13,20-21H,14-16,27H2,(H,28,34)(H,29,33). The van der Waals surface area contributed by atoms with E-state index < -0.39 is 6.04 Å². The van der Waals surface area contributed by atoms with Crippen LogP contribution in [0.3, 0.4) is 0 Å². The molecule has 1 amide bonds. The number of imidazole rings is 1. The zero-order valence-corrected chi connectivity index (χ0v) is 19.3. The maximum atomic E-state index is 13.7. The summed E-state index contributed by atoms with van der Waals surface area (Å²) in [6.07, 6.45) is 0.955. The Morgan fingerprint density at radius 3 is 2.53 bits per heavy atom. The molecule has 4 N–H and O–H groups in total. The van der Waals surface area contributed by atoms with Gasteiger partial charge in [0.05, 0.1) is 23.1 Å². The molecular formula is C26H25N5O2S. The van der Waals surface area contributed by atoms with Crippen LogP contribution in [0.2, 0.25) is 0 Å². The van der Waals surface area contributed by atoms with Crippen LogP contribution >= 0.6 is 12.2 Å². The van der Waals surface area contributed by atoms with Crippen molar-refractivity contribution in [3.63, 3.8) is 0 Å². The van der Waals surface area contributed by atoms with Crippen molar-refractivity contribution in [3.05, 3.63) is 100 Å². The number of hydrogen-bond donors (Lipinski definition) is 3. The van der Waals surface area contributed by atoms with Gasteiger partial charge in [0.15, 0.2) is 5.11 Å². The van der Waals surface area contributed by atoms with Crippen LogP contribution in [-0.2, 0) is 24.2 Å². The summed E-state index contributed by atoms with van der Waals surface area (Å²) in [5.41, 5.74) is 10.6. The number of aromatic nitrogens is 2. The van der Waals surface area contributed by atoms with E-state index in [1.807, 2.05) is 78.9 Å². The second-order valence-electron chi connectivity index (χ2n) is 8.51. The number of carbonyl (C=O) groups excluding carboxylic acids is 1. The summed E-state index contributed by atoms with van der Waals surface area (Å²) in [6.45, 7) is 0.330. The summed E-state index contributed by atoms with van der Waals surface area (Å²) < 4.78 is 1.69. The third kappa shape index (κ3) is 4.25. The molecule has 0 saturated carbocycles. The Hall–Kier alpha value is -3.75. The molecule has 0 radical (unpaired) electrons. The van der Waals surface area contributed by atoms with E-state index in [1.54, 1.807) is 9.47 Å². The molecule has 2 atom stereocenters.